The first kappa shape index (κ1) is 15.0. The third kappa shape index (κ3) is 5.04. The van der Waals surface area contributed by atoms with Crippen LogP contribution < -0.4 is 5.32 Å². The van der Waals surface area contributed by atoms with Gasteiger partial charge in [-0.1, -0.05) is 6.92 Å². The third-order valence-electron chi connectivity index (χ3n) is 3.39. The second-order valence-electron chi connectivity index (χ2n) is 5.39. The molecule has 1 rings (SSSR count). The van der Waals surface area contributed by atoms with Crippen molar-refractivity contribution in [3.05, 3.63) is 0 Å². The van der Waals surface area contributed by atoms with Crippen LogP contribution in [0, 0.1) is 5.92 Å². The zero-order chi connectivity index (χ0) is 13.8. The summed E-state index contributed by atoms with van der Waals surface area (Å²) < 4.78 is 5.46. The van der Waals surface area contributed by atoms with E-state index in [2.05, 4.69) is 5.32 Å². The van der Waals surface area contributed by atoms with Gasteiger partial charge in [-0.15, -0.1) is 0 Å². The molecule has 1 aliphatic carbocycles. The van der Waals surface area contributed by atoms with E-state index >= 15 is 0 Å². The number of hydrogen-bond acceptors (Lipinski definition) is 3. The summed E-state index contributed by atoms with van der Waals surface area (Å²) in [5.74, 6) is -0.538. The maximum absolute atomic E-state index is 11.9. The van der Waals surface area contributed by atoms with Gasteiger partial charge in [-0.2, -0.15) is 0 Å². The van der Waals surface area contributed by atoms with Crippen LogP contribution in [-0.2, 0) is 14.3 Å². The van der Waals surface area contributed by atoms with Gasteiger partial charge >= 0.3 is 5.97 Å². The van der Waals surface area contributed by atoms with Gasteiger partial charge in [0.1, 0.15) is 6.10 Å². The lowest BCUT2D eigenvalue weighted by molar-refractivity contribution is -0.140. The van der Waals surface area contributed by atoms with Gasteiger partial charge in [-0.25, -0.2) is 0 Å². The van der Waals surface area contributed by atoms with Crippen molar-refractivity contribution in [2.24, 2.45) is 5.92 Å². The predicted molar refractivity (Wildman–Crippen MR) is 67.2 cm³/mol. The second-order valence-corrected chi connectivity index (χ2v) is 5.39. The molecule has 0 bridgehead atoms. The Hall–Kier alpha value is -1.10. The summed E-state index contributed by atoms with van der Waals surface area (Å²) >= 11 is 0. The molecule has 0 aromatic carbocycles. The van der Waals surface area contributed by atoms with Gasteiger partial charge in [0, 0.05) is 5.54 Å². The van der Waals surface area contributed by atoms with Gasteiger partial charge < -0.3 is 15.2 Å². The van der Waals surface area contributed by atoms with Crippen LogP contribution in [0.15, 0.2) is 0 Å². The molecule has 0 aliphatic heterocycles. The monoisotopic (exact) mass is 257 g/mol. The molecular formula is C13H23NO4. The number of nitrogens with one attached hydrogen (secondary N) is 1. The zero-order valence-corrected chi connectivity index (χ0v) is 11.4. The Bertz CT molecular complexity index is 314. The molecule has 5 nitrogen and oxygen atoms in total. The molecule has 1 amide bonds. The first-order valence-corrected chi connectivity index (χ1v) is 6.51. The fourth-order valence-electron chi connectivity index (χ4n) is 1.63. The van der Waals surface area contributed by atoms with E-state index in [0.29, 0.717) is 18.9 Å². The minimum absolute atomic E-state index is 0.0788. The number of rotatable bonds is 8. The first-order valence-electron chi connectivity index (χ1n) is 6.51. The SMILES string of the molecule is CCC(C)(CC(=O)O)NC(=O)C(C)OCC1CC1. The summed E-state index contributed by atoms with van der Waals surface area (Å²) in [5.41, 5.74) is -0.708. The standard InChI is InChI=1S/C13H23NO4/c1-4-13(3,7-11(15)16)14-12(17)9(2)18-8-10-5-6-10/h9-10H,4-8H2,1-3H3,(H,14,17)(H,15,16). The number of carbonyl (C=O) groups excluding carboxylic acids is 1. The van der Waals surface area contributed by atoms with Crippen LogP contribution in [0.4, 0.5) is 0 Å². The van der Waals surface area contributed by atoms with E-state index in [1.165, 1.54) is 12.8 Å². The van der Waals surface area contributed by atoms with Gasteiger partial charge in [-0.05, 0) is 39.0 Å². The molecule has 2 atom stereocenters. The van der Waals surface area contributed by atoms with Crippen LogP contribution in [0.2, 0.25) is 0 Å². The molecule has 0 radical (unpaired) electrons. The molecule has 1 aliphatic rings. The maximum atomic E-state index is 11.9. The van der Waals surface area contributed by atoms with Crippen LogP contribution in [-0.4, -0.2) is 35.2 Å². The van der Waals surface area contributed by atoms with Gasteiger partial charge in [0.2, 0.25) is 5.91 Å². The number of aliphatic carboxylic acids is 1. The van der Waals surface area contributed by atoms with Crippen LogP contribution in [0.3, 0.4) is 0 Å². The molecule has 0 spiro atoms. The molecule has 18 heavy (non-hydrogen) atoms. The van der Waals surface area contributed by atoms with Gasteiger partial charge in [0.05, 0.1) is 13.0 Å². The van der Waals surface area contributed by atoms with Crippen molar-refractivity contribution in [2.45, 2.75) is 58.1 Å². The normalized spacial score (nSPS) is 19.9. The average Bonchev–Trinajstić information content (AvgIpc) is 3.08. The molecule has 0 aromatic rings. The summed E-state index contributed by atoms with van der Waals surface area (Å²) in [7, 11) is 0. The fraction of sp³-hybridized carbons (Fsp3) is 0.846. The highest BCUT2D eigenvalue weighted by Gasteiger charge is 2.30. The molecule has 2 unspecified atom stereocenters. The third-order valence-corrected chi connectivity index (χ3v) is 3.39. The summed E-state index contributed by atoms with van der Waals surface area (Å²) in [5, 5.41) is 11.6. The summed E-state index contributed by atoms with van der Waals surface area (Å²) in [6.07, 6.45) is 2.33. The summed E-state index contributed by atoms with van der Waals surface area (Å²) in [4.78, 5) is 22.7. The number of hydrogen-bond donors (Lipinski definition) is 2. The minimum atomic E-state index is -0.911. The average molecular weight is 257 g/mol. The van der Waals surface area contributed by atoms with Crippen LogP contribution >= 0.6 is 0 Å². The molecule has 2 N–H and O–H groups in total. The Labute approximate surface area is 108 Å². The van der Waals surface area contributed by atoms with E-state index < -0.39 is 17.6 Å². The molecule has 104 valence electrons. The lowest BCUT2D eigenvalue weighted by Crippen LogP contribution is -2.50. The Morgan fingerprint density at radius 3 is 2.56 bits per heavy atom. The van der Waals surface area contributed by atoms with E-state index in [0.717, 1.165) is 0 Å². The molecule has 0 aromatic heterocycles. The highest BCUT2D eigenvalue weighted by atomic mass is 16.5. The van der Waals surface area contributed by atoms with Crippen molar-refractivity contribution < 1.29 is 19.4 Å². The number of amides is 1. The van der Waals surface area contributed by atoms with Crippen molar-refractivity contribution in [2.75, 3.05) is 6.61 Å². The van der Waals surface area contributed by atoms with Crippen LogP contribution in [0.25, 0.3) is 0 Å². The van der Waals surface area contributed by atoms with Gasteiger partial charge in [0.15, 0.2) is 0 Å². The Morgan fingerprint density at radius 1 is 1.50 bits per heavy atom. The number of carboxylic acids is 1. The molecular weight excluding hydrogens is 234 g/mol. The van der Waals surface area contributed by atoms with Crippen molar-refractivity contribution in [1.29, 1.82) is 0 Å². The Morgan fingerprint density at radius 2 is 2.11 bits per heavy atom. The van der Waals surface area contributed by atoms with Crippen LogP contribution in [0.1, 0.15) is 46.5 Å². The number of carbonyl (C=O) groups is 2. The fourth-order valence-corrected chi connectivity index (χ4v) is 1.63. The number of carboxylic acid groups (broad SMARTS) is 1. The molecule has 1 saturated carbocycles. The van der Waals surface area contributed by atoms with E-state index in [1.54, 1.807) is 13.8 Å². The highest BCUT2D eigenvalue weighted by Crippen LogP contribution is 2.29. The van der Waals surface area contributed by atoms with Gasteiger partial charge in [-0.3, -0.25) is 9.59 Å². The van der Waals surface area contributed by atoms with E-state index in [-0.39, 0.29) is 12.3 Å². The quantitative estimate of drug-likeness (QED) is 0.692. The largest absolute Gasteiger partial charge is 0.481 e. The first-order chi connectivity index (χ1) is 8.36. The number of ether oxygens (including phenoxy) is 1. The predicted octanol–water partition coefficient (Wildman–Crippen LogP) is 1.56. The van der Waals surface area contributed by atoms with Gasteiger partial charge in [0.25, 0.3) is 0 Å². The molecule has 0 saturated heterocycles. The minimum Gasteiger partial charge on any atom is -0.481 e. The van der Waals surface area contributed by atoms with Crippen molar-refractivity contribution in [3.8, 4) is 0 Å². The second kappa shape index (κ2) is 6.18. The lowest BCUT2D eigenvalue weighted by atomic mass is 9.94. The Kier molecular flexibility index (Phi) is 5.14. The highest BCUT2D eigenvalue weighted by molar-refractivity contribution is 5.82. The summed E-state index contributed by atoms with van der Waals surface area (Å²) in [6, 6.07) is 0. The van der Waals surface area contributed by atoms with E-state index in [9.17, 15) is 9.59 Å². The van der Waals surface area contributed by atoms with Crippen molar-refractivity contribution in [3.63, 3.8) is 0 Å². The maximum Gasteiger partial charge on any atom is 0.305 e. The van der Waals surface area contributed by atoms with Crippen molar-refractivity contribution in [1.82, 2.24) is 5.32 Å². The Balaban J connectivity index is 2.41. The molecule has 1 fully saturated rings. The lowest BCUT2D eigenvalue weighted by Gasteiger charge is -2.29. The molecule has 5 heteroatoms. The summed E-state index contributed by atoms with van der Waals surface area (Å²) in [6.45, 7) is 5.93. The zero-order valence-electron chi connectivity index (χ0n) is 11.4. The van der Waals surface area contributed by atoms with Crippen LogP contribution in [0.5, 0.6) is 0 Å². The molecule has 0 heterocycles. The topological polar surface area (TPSA) is 75.6 Å². The smallest absolute Gasteiger partial charge is 0.305 e. The van der Waals surface area contributed by atoms with E-state index in [1.807, 2.05) is 6.92 Å². The van der Waals surface area contributed by atoms with Crippen molar-refractivity contribution >= 4 is 11.9 Å². The van der Waals surface area contributed by atoms with E-state index in [4.69, 9.17) is 9.84 Å².